The molecule has 2 rings (SSSR count). The van der Waals surface area contributed by atoms with Gasteiger partial charge in [-0.3, -0.25) is 4.79 Å². The zero-order valence-corrected chi connectivity index (χ0v) is 11.7. The van der Waals surface area contributed by atoms with Crippen LogP contribution in [0.25, 0.3) is 0 Å². The number of carbonyl (C=O) groups excluding carboxylic acids is 1. The van der Waals surface area contributed by atoms with Crippen LogP contribution in [-0.4, -0.2) is 18.6 Å². The van der Waals surface area contributed by atoms with Crippen molar-refractivity contribution in [1.29, 1.82) is 0 Å². The first-order valence-corrected chi connectivity index (χ1v) is 6.85. The van der Waals surface area contributed by atoms with Crippen molar-refractivity contribution in [3.05, 3.63) is 23.3 Å². The number of nitrogens with two attached hydrogens (primary N) is 1. The predicted octanol–water partition coefficient (Wildman–Crippen LogP) is 2.32. The molecule has 0 aliphatic heterocycles. The lowest BCUT2D eigenvalue weighted by atomic mass is 10.1. The van der Waals surface area contributed by atoms with Gasteiger partial charge in [-0.05, 0) is 49.9 Å². The molecule has 4 heteroatoms. The summed E-state index contributed by atoms with van der Waals surface area (Å²) < 4.78 is 5.58. The number of carbonyl (C=O) groups is 1. The second kappa shape index (κ2) is 5.95. The molecular formula is C15H22N2O2. The minimum atomic E-state index is -0.0409. The van der Waals surface area contributed by atoms with Gasteiger partial charge in [0.05, 0.1) is 0 Å². The van der Waals surface area contributed by atoms with Crippen LogP contribution in [0.2, 0.25) is 0 Å². The Morgan fingerprint density at radius 1 is 1.32 bits per heavy atom. The standard InChI is InChI=1S/C15H22N2O2/c1-10-8-14(11(2)7-13(10)16)19-9-15(18)17-12-5-3-4-6-12/h7-8,12H,3-6,9,16H2,1-2H3,(H,17,18). The number of nitrogen functional groups attached to an aromatic ring is 1. The first-order valence-electron chi connectivity index (χ1n) is 6.85. The highest BCUT2D eigenvalue weighted by atomic mass is 16.5. The van der Waals surface area contributed by atoms with E-state index in [2.05, 4.69) is 5.32 Å². The van der Waals surface area contributed by atoms with E-state index < -0.39 is 0 Å². The van der Waals surface area contributed by atoms with Crippen LogP contribution < -0.4 is 15.8 Å². The number of anilines is 1. The maximum Gasteiger partial charge on any atom is 0.258 e. The van der Waals surface area contributed by atoms with Crippen molar-refractivity contribution >= 4 is 11.6 Å². The van der Waals surface area contributed by atoms with Crippen LogP contribution in [0, 0.1) is 13.8 Å². The van der Waals surface area contributed by atoms with Gasteiger partial charge >= 0.3 is 0 Å². The van der Waals surface area contributed by atoms with Gasteiger partial charge in [-0.15, -0.1) is 0 Å². The van der Waals surface area contributed by atoms with Crippen molar-refractivity contribution in [3.8, 4) is 5.75 Å². The summed E-state index contributed by atoms with van der Waals surface area (Å²) in [4.78, 5) is 11.8. The summed E-state index contributed by atoms with van der Waals surface area (Å²) in [5.74, 6) is 0.689. The molecule has 0 bridgehead atoms. The monoisotopic (exact) mass is 262 g/mol. The lowest BCUT2D eigenvalue weighted by Gasteiger charge is -2.14. The predicted molar refractivity (Wildman–Crippen MR) is 76.2 cm³/mol. The van der Waals surface area contributed by atoms with E-state index in [9.17, 15) is 4.79 Å². The summed E-state index contributed by atoms with van der Waals surface area (Å²) in [6.07, 6.45) is 4.60. The number of amides is 1. The molecule has 1 saturated carbocycles. The molecule has 1 amide bonds. The van der Waals surface area contributed by atoms with Crippen LogP contribution in [0.15, 0.2) is 12.1 Å². The lowest BCUT2D eigenvalue weighted by molar-refractivity contribution is -0.123. The van der Waals surface area contributed by atoms with Gasteiger partial charge in [0.1, 0.15) is 5.75 Å². The topological polar surface area (TPSA) is 64.3 Å². The Morgan fingerprint density at radius 2 is 2.00 bits per heavy atom. The van der Waals surface area contributed by atoms with Gasteiger partial charge in [-0.1, -0.05) is 12.8 Å². The van der Waals surface area contributed by atoms with Crippen LogP contribution in [0.3, 0.4) is 0 Å². The maximum absolute atomic E-state index is 11.8. The molecule has 104 valence electrons. The Labute approximate surface area is 114 Å². The van der Waals surface area contributed by atoms with Crippen molar-refractivity contribution in [2.75, 3.05) is 12.3 Å². The van der Waals surface area contributed by atoms with Gasteiger partial charge in [0, 0.05) is 11.7 Å². The molecule has 19 heavy (non-hydrogen) atoms. The summed E-state index contributed by atoms with van der Waals surface area (Å²) >= 11 is 0. The van der Waals surface area contributed by atoms with E-state index in [4.69, 9.17) is 10.5 Å². The third-order valence-electron chi connectivity index (χ3n) is 3.64. The SMILES string of the molecule is Cc1cc(OCC(=O)NC2CCCC2)c(C)cc1N. The molecule has 0 aromatic heterocycles. The van der Waals surface area contributed by atoms with Crippen molar-refractivity contribution in [1.82, 2.24) is 5.32 Å². The summed E-state index contributed by atoms with van der Waals surface area (Å²) in [5.41, 5.74) is 8.49. The van der Waals surface area contributed by atoms with Crippen molar-refractivity contribution in [2.45, 2.75) is 45.6 Å². The van der Waals surface area contributed by atoms with Crippen molar-refractivity contribution in [2.24, 2.45) is 0 Å². The fraction of sp³-hybridized carbons (Fsp3) is 0.533. The molecule has 0 unspecified atom stereocenters. The van der Waals surface area contributed by atoms with Crippen molar-refractivity contribution < 1.29 is 9.53 Å². The molecule has 0 heterocycles. The Morgan fingerprint density at radius 3 is 2.68 bits per heavy atom. The van der Waals surface area contributed by atoms with Gasteiger partial charge in [0.25, 0.3) is 5.91 Å². The summed E-state index contributed by atoms with van der Waals surface area (Å²) in [7, 11) is 0. The van der Waals surface area contributed by atoms with Gasteiger partial charge in [-0.2, -0.15) is 0 Å². The van der Waals surface area contributed by atoms with E-state index in [1.54, 1.807) is 0 Å². The first kappa shape index (κ1) is 13.7. The molecule has 1 fully saturated rings. The second-order valence-corrected chi connectivity index (χ2v) is 5.31. The molecule has 4 nitrogen and oxygen atoms in total. The number of rotatable bonds is 4. The molecule has 0 saturated heterocycles. The third kappa shape index (κ3) is 3.63. The summed E-state index contributed by atoms with van der Waals surface area (Å²) in [6, 6.07) is 4.10. The molecule has 1 aliphatic rings. The zero-order valence-electron chi connectivity index (χ0n) is 11.7. The van der Waals surface area contributed by atoms with Gasteiger partial charge in [0.2, 0.25) is 0 Å². The van der Waals surface area contributed by atoms with Crippen molar-refractivity contribution in [3.63, 3.8) is 0 Å². The molecule has 1 aliphatic carbocycles. The lowest BCUT2D eigenvalue weighted by Crippen LogP contribution is -2.36. The number of nitrogens with one attached hydrogen (secondary N) is 1. The van der Waals surface area contributed by atoms with E-state index in [0.717, 1.165) is 35.4 Å². The smallest absolute Gasteiger partial charge is 0.258 e. The van der Waals surface area contributed by atoms with E-state index in [1.165, 1.54) is 12.8 Å². The molecule has 0 radical (unpaired) electrons. The second-order valence-electron chi connectivity index (χ2n) is 5.31. The average Bonchev–Trinajstić information content (AvgIpc) is 2.85. The fourth-order valence-electron chi connectivity index (χ4n) is 2.45. The Bertz CT molecular complexity index is 465. The number of aryl methyl sites for hydroxylation is 2. The van der Waals surface area contributed by atoms with Crippen LogP contribution in [0.5, 0.6) is 5.75 Å². The number of ether oxygens (including phenoxy) is 1. The number of hydrogen-bond acceptors (Lipinski definition) is 3. The Kier molecular flexibility index (Phi) is 4.30. The van der Waals surface area contributed by atoms with Gasteiger partial charge in [0.15, 0.2) is 6.61 Å². The average molecular weight is 262 g/mol. The number of hydrogen-bond donors (Lipinski definition) is 2. The molecule has 3 N–H and O–H groups in total. The minimum Gasteiger partial charge on any atom is -0.483 e. The van der Waals surface area contributed by atoms with Gasteiger partial charge < -0.3 is 15.8 Å². The normalized spacial score (nSPS) is 15.5. The molecule has 0 atom stereocenters. The van der Waals surface area contributed by atoms with Crippen LogP contribution in [0.1, 0.15) is 36.8 Å². The Hall–Kier alpha value is -1.71. The van der Waals surface area contributed by atoms with Gasteiger partial charge in [-0.25, -0.2) is 0 Å². The minimum absolute atomic E-state index is 0.0409. The summed E-state index contributed by atoms with van der Waals surface area (Å²) in [5, 5.41) is 3.01. The molecule has 0 spiro atoms. The largest absolute Gasteiger partial charge is 0.483 e. The highest BCUT2D eigenvalue weighted by Crippen LogP contribution is 2.24. The fourth-order valence-corrected chi connectivity index (χ4v) is 2.45. The maximum atomic E-state index is 11.8. The first-order chi connectivity index (χ1) is 9.06. The highest BCUT2D eigenvalue weighted by Gasteiger charge is 2.17. The van der Waals surface area contributed by atoms with E-state index in [-0.39, 0.29) is 12.5 Å². The molecule has 1 aromatic carbocycles. The van der Waals surface area contributed by atoms with Crippen LogP contribution in [0.4, 0.5) is 5.69 Å². The van der Waals surface area contributed by atoms with Crippen LogP contribution >= 0.6 is 0 Å². The van der Waals surface area contributed by atoms with E-state index in [1.807, 2.05) is 26.0 Å². The zero-order chi connectivity index (χ0) is 13.8. The van der Waals surface area contributed by atoms with Crippen LogP contribution in [-0.2, 0) is 4.79 Å². The Balaban J connectivity index is 1.87. The molecular weight excluding hydrogens is 240 g/mol. The highest BCUT2D eigenvalue weighted by molar-refractivity contribution is 5.78. The third-order valence-corrected chi connectivity index (χ3v) is 3.64. The summed E-state index contributed by atoms with van der Waals surface area (Å²) in [6.45, 7) is 3.93. The quantitative estimate of drug-likeness (QED) is 0.818. The molecule has 1 aromatic rings. The van der Waals surface area contributed by atoms with E-state index in [0.29, 0.717) is 6.04 Å². The number of benzene rings is 1. The van der Waals surface area contributed by atoms with E-state index >= 15 is 0 Å².